The van der Waals surface area contributed by atoms with Crippen molar-refractivity contribution in [3.8, 4) is 0 Å². The maximum absolute atomic E-state index is 13.0. The second kappa shape index (κ2) is 4.49. The van der Waals surface area contributed by atoms with Gasteiger partial charge >= 0.3 is 0 Å². The molecular weight excluding hydrogens is 227 g/mol. The van der Waals surface area contributed by atoms with Crippen LogP contribution in [0.25, 0.3) is 0 Å². The third-order valence-electron chi connectivity index (χ3n) is 2.18. The Morgan fingerprint density at radius 3 is 2.81 bits per heavy atom. The molecule has 0 fully saturated rings. The molecular formula is C12H10ClFN2. The molecule has 2 rings (SSSR count). The number of halogens is 2. The SMILES string of the molecule is Cc1ccc(F)cc1Nc1cccc(Cl)n1. The van der Waals surface area contributed by atoms with Crippen molar-refractivity contribution in [2.75, 3.05) is 5.32 Å². The number of rotatable bonds is 2. The Labute approximate surface area is 98.1 Å². The number of nitrogens with zero attached hydrogens (tertiary/aromatic N) is 1. The number of hydrogen-bond donors (Lipinski definition) is 1. The second-order valence-electron chi connectivity index (χ2n) is 3.43. The molecule has 2 aromatic rings. The molecule has 16 heavy (non-hydrogen) atoms. The van der Waals surface area contributed by atoms with E-state index in [-0.39, 0.29) is 5.82 Å². The summed E-state index contributed by atoms with van der Waals surface area (Å²) in [6, 6.07) is 9.81. The molecule has 0 atom stereocenters. The molecule has 0 aliphatic carbocycles. The van der Waals surface area contributed by atoms with E-state index >= 15 is 0 Å². The number of pyridine rings is 1. The van der Waals surface area contributed by atoms with Crippen molar-refractivity contribution in [2.45, 2.75) is 6.92 Å². The van der Waals surface area contributed by atoms with Gasteiger partial charge in [-0.25, -0.2) is 9.37 Å². The largest absolute Gasteiger partial charge is 0.340 e. The van der Waals surface area contributed by atoms with Crippen LogP contribution in [0.2, 0.25) is 5.15 Å². The van der Waals surface area contributed by atoms with Crippen LogP contribution >= 0.6 is 11.6 Å². The first kappa shape index (κ1) is 10.9. The Bertz CT molecular complexity index is 514. The van der Waals surface area contributed by atoms with Gasteiger partial charge in [0.15, 0.2) is 0 Å². The van der Waals surface area contributed by atoms with Crippen LogP contribution < -0.4 is 5.32 Å². The Balaban J connectivity index is 2.30. The molecule has 1 heterocycles. The van der Waals surface area contributed by atoms with Crippen molar-refractivity contribution in [3.63, 3.8) is 0 Å². The summed E-state index contributed by atoms with van der Waals surface area (Å²) in [5, 5.41) is 3.42. The first-order valence-corrected chi connectivity index (χ1v) is 5.19. The van der Waals surface area contributed by atoms with E-state index in [1.54, 1.807) is 24.3 Å². The highest BCUT2D eigenvalue weighted by atomic mass is 35.5. The van der Waals surface area contributed by atoms with Crippen molar-refractivity contribution in [3.05, 3.63) is 52.9 Å². The van der Waals surface area contributed by atoms with Crippen molar-refractivity contribution in [2.24, 2.45) is 0 Å². The zero-order valence-corrected chi connectivity index (χ0v) is 9.42. The van der Waals surface area contributed by atoms with Gasteiger partial charge in [0, 0.05) is 5.69 Å². The average molecular weight is 237 g/mol. The zero-order valence-electron chi connectivity index (χ0n) is 8.67. The van der Waals surface area contributed by atoms with E-state index in [4.69, 9.17) is 11.6 Å². The minimum Gasteiger partial charge on any atom is -0.340 e. The van der Waals surface area contributed by atoms with E-state index in [1.165, 1.54) is 12.1 Å². The predicted octanol–water partition coefficient (Wildman–Crippen LogP) is 3.93. The van der Waals surface area contributed by atoms with E-state index in [1.807, 2.05) is 6.92 Å². The van der Waals surface area contributed by atoms with Crippen LogP contribution in [0.15, 0.2) is 36.4 Å². The summed E-state index contributed by atoms with van der Waals surface area (Å²) in [6.45, 7) is 1.90. The molecule has 0 radical (unpaired) electrons. The zero-order chi connectivity index (χ0) is 11.5. The Kier molecular flexibility index (Phi) is 3.06. The van der Waals surface area contributed by atoms with E-state index in [0.29, 0.717) is 16.7 Å². The van der Waals surface area contributed by atoms with Gasteiger partial charge in [0.2, 0.25) is 0 Å². The van der Waals surface area contributed by atoms with Gasteiger partial charge in [-0.15, -0.1) is 0 Å². The smallest absolute Gasteiger partial charge is 0.132 e. The summed E-state index contributed by atoms with van der Waals surface area (Å²) in [6.07, 6.45) is 0. The van der Waals surface area contributed by atoms with Crippen molar-refractivity contribution < 1.29 is 4.39 Å². The van der Waals surface area contributed by atoms with Gasteiger partial charge in [-0.05, 0) is 36.8 Å². The third-order valence-corrected chi connectivity index (χ3v) is 2.39. The quantitative estimate of drug-likeness (QED) is 0.800. The highest BCUT2D eigenvalue weighted by Gasteiger charge is 2.02. The summed E-state index contributed by atoms with van der Waals surface area (Å²) in [4.78, 5) is 4.07. The summed E-state index contributed by atoms with van der Waals surface area (Å²) < 4.78 is 13.0. The Morgan fingerprint density at radius 2 is 2.06 bits per heavy atom. The van der Waals surface area contributed by atoms with Crippen LogP contribution in [0.4, 0.5) is 15.9 Å². The van der Waals surface area contributed by atoms with Crippen LogP contribution in [0, 0.1) is 12.7 Å². The van der Waals surface area contributed by atoms with Crippen molar-refractivity contribution >= 4 is 23.1 Å². The maximum atomic E-state index is 13.0. The number of nitrogens with one attached hydrogen (secondary N) is 1. The fourth-order valence-electron chi connectivity index (χ4n) is 1.34. The molecule has 0 saturated carbocycles. The minimum absolute atomic E-state index is 0.282. The van der Waals surface area contributed by atoms with Crippen LogP contribution in [-0.2, 0) is 0 Å². The molecule has 1 aromatic carbocycles. The van der Waals surface area contributed by atoms with Gasteiger partial charge in [0.25, 0.3) is 0 Å². The monoisotopic (exact) mass is 236 g/mol. The van der Waals surface area contributed by atoms with E-state index in [0.717, 1.165) is 5.56 Å². The van der Waals surface area contributed by atoms with Crippen molar-refractivity contribution in [1.29, 1.82) is 0 Å². The molecule has 0 aliphatic heterocycles. The lowest BCUT2D eigenvalue weighted by Crippen LogP contribution is -1.96. The van der Waals surface area contributed by atoms with E-state index in [2.05, 4.69) is 10.3 Å². The lowest BCUT2D eigenvalue weighted by molar-refractivity contribution is 0.628. The number of aromatic nitrogens is 1. The molecule has 2 nitrogen and oxygen atoms in total. The highest BCUT2D eigenvalue weighted by Crippen LogP contribution is 2.21. The molecule has 82 valence electrons. The predicted molar refractivity (Wildman–Crippen MR) is 63.7 cm³/mol. The Hall–Kier alpha value is -1.61. The van der Waals surface area contributed by atoms with Gasteiger partial charge in [0.05, 0.1) is 0 Å². The molecule has 0 amide bonds. The van der Waals surface area contributed by atoms with Gasteiger partial charge in [0.1, 0.15) is 16.8 Å². The van der Waals surface area contributed by atoms with E-state index < -0.39 is 0 Å². The van der Waals surface area contributed by atoms with Gasteiger partial charge in [-0.1, -0.05) is 23.7 Å². The second-order valence-corrected chi connectivity index (χ2v) is 3.82. The Morgan fingerprint density at radius 1 is 1.25 bits per heavy atom. The third kappa shape index (κ3) is 2.49. The van der Waals surface area contributed by atoms with Crippen LogP contribution in [0.5, 0.6) is 0 Å². The van der Waals surface area contributed by atoms with Gasteiger partial charge < -0.3 is 5.32 Å². The van der Waals surface area contributed by atoms with Crippen molar-refractivity contribution in [1.82, 2.24) is 4.98 Å². The number of benzene rings is 1. The highest BCUT2D eigenvalue weighted by molar-refractivity contribution is 6.29. The van der Waals surface area contributed by atoms with E-state index in [9.17, 15) is 4.39 Å². The molecule has 0 unspecified atom stereocenters. The maximum Gasteiger partial charge on any atom is 0.132 e. The lowest BCUT2D eigenvalue weighted by atomic mass is 10.2. The number of aryl methyl sites for hydroxylation is 1. The van der Waals surface area contributed by atoms with Gasteiger partial charge in [-0.3, -0.25) is 0 Å². The van der Waals surface area contributed by atoms with Crippen LogP contribution in [0.1, 0.15) is 5.56 Å². The normalized spacial score (nSPS) is 10.2. The summed E-state index contributed by atoms with van der Waals surface area (Å²) >= 11 is 5.76. The van der Waals surface area contributed by atoms with Crippen LogP contribution in [-0.4, -0.2) is 4.98 Å². The summed E-state index contributed by atoms with van der Waals surface area (Å²) in [5.74, 6) is 0.316. The molecule has 4 heteroatoms. The first-order valence-electron chi connectivity index (χ1n) is 4.81. The van der Waals surface area contributed by atoms with Gasteiger partial charge in [-0.2, -0.15) is 0 Å². The molecule has 1 N–H and O–H groups in total. The molecule has 0 aliphatic rings. The molecule has 0 spiro atoms. The van der Waals surface area contributed by atoms with Crippen LogP contribution in [0.3, 0.4) is 0 Å². The number of hydrogen-bond acceptors (Lipinski definition) is 2. The summed E-state index contributed by atoms with van der Waals surface area (Å²) in [5.41, 5.74) is 1.64. The number of anilines is 2. The fourth-order valence-corrected chi connectivity index (χ4v) is 1.51. The fraction of sp³-hybridized carbons (Fsp3) is 0.0833. The molecule has 1 aromatic heterocycles. The average Bonchev–Trinajstić information content (AvgIpc) is 2.24. The first-order chi connectivity index (χ1) is 7.65. The topological polar surface area (TPSA) is 24.9 Å². The standard InChI is InChI=1S/C12H10ClFN2/c1-8-5-6-9(14)7-10(8)15-12-4-2-3-11(13)16-12/h2-7H,1H3,(H,15,16). The lowest BCUT2D eigenvalue weighted by Gasteiger charge is -2.08. The minimum atomic E-state index is -0.282. The molecule has 0 saturated heterocycles. The molecule has 0 bridgehead atoms. The summed E-state index contributed by atoms with van der Waals surface area (Å²) in [7, 11) is 0.